The Labute approximate surface area is 135 Å². The van der Waals surface area contributed by atoms with Gasteiger partial charge in [0.15, 0.2) is 0 Å². The minimum Gasteiger partial charge on any atom is -0.149 e. The van der Waals surface area contributed by atoms with E-state index in [1.54, 1.807) is 11.8 Å². The van der Waals surface area contributed by atoms with Crippen molar-refractivity contribution < 1.29 is 0 Å². The lowest BCUT2D eigenvalue weighted by Gasteiger charge is -2.07. The Morgan fingerprint density at radius 3 is 2.41 bits per heavy atom. The SMILES string of the molecule is Cc1ccc(C)c(CSc2ccc(-c3ccccc3)nn2)c1. The van der Waals surface area contributed by atoms with E-state index in [-0.39, 0.29) is 0 Å². The monoisotopic (exact) mass is 306 g/mol. The van der Waals surface area contributed by atoms with Gasteiger partial charge >= 0.3 is 0 Å². The standard InChI is InChI=1S/C19H18N2S/c1-14-8-9-15(2)17(12-14)13-22-19-11-10-18(20-21-19)16-6-4-3-5-7-16/h3-12H,13H2,1-2H3. The zero-order valence-electron chi connectivity index (χ0n) is 12.8. The Morgan fingerprint density at radius 1 is 0.864 bits per heavy atom. The van der Waals surface area contributed by atoms with Crippen LogP contribution in [0.2, 0.25) is 0 Å². The molecule has 110 valence electrons. The van der Waals surface area contributed by atoms with Crippen LogP contribution >= 0.6 is 11.8 Å². The number of aryl methyl sites for hydroxylation is 2. The van der Waals surface area contributed by atoms with Crippen molar-refractivity contribution in [1.82, 2.24) is 10.2 Å². The fraction of sp³-hybridized carbons (Fsp3) is 0.158. The Balaban J connectivity index is 1.70. The Morgan fingerprint density at radius 2 is 1.68 bits per heavy atom. The van der Waals surface area contributed by atoms with Gasteiger partial charge < -0.3 is 0 Å². The largest absolute Gasteiger partial charge is 0.149 e. The maximum atomic E-state index is 4.34. The van der Waals surface area contributed by atoms with Gasteiger partial charge in [0.05, 0.1) is 5.69 Å². The van der Waals surface area contributed by atoms with Gasteiger partial charge in [0, 0.05) is 11.3 Å². The molecule has 0 aliphatic heterocycles. The van der Waals surface area contributed by atoms with Crippen LogP contribution in [0.3, 0.4) is 0 Å². The summed E-state index contributed by atoms with van der Waals surface area (Å²) in [6, 6.07) is 20.8. The fourth-order valence-electron chi connectivity index (χ4n) is 2.27. The molecule has 22 heavy (non-hydrogen) atoms. The van der Waals surface area contributed by atoms with E-state index in [1.165, 1.54) is 16.7 Å². The van der Waals surface area contributed by atoms with Gasteiger partial charge in [-0.05, 0) is 37.1 Å². The normalized spacial score (nSPS) is 10.6. The van der Waals surface area contributed by atoms with E-state index in [2.05, 4.69) is 42.2 Å². The molecule has 0 spiro atoms. The third-order valence-electron chi connectivity index (χ3n) is 3.59. The van der Waals surface area contributed by atoms with Crippen LogP contribution in [0, 0.1) is 13.8 Å². The van der Waals surface area contributed by atoms with Crippen molar-refractivity contribution in [2.24, 2.45) is 0 Å². The molecule has 0 saturated carbocycles. The zero-order valence-corrected chi connectivity index (χ0v) is 13.6. The third-order valence-corrected chi connectivity index (χ3v) is 4.56. The molecule has 0 N–H and O–H groups in total. The highest BCUT2D eigenvalue weighted by atomic mass is 32.2. The van der Waals surface area contributed by atoms with E-state index < -0.39 is 0 Å². The molecule has 1 aromatic heterocycles. The van der Waals surface area contributed by atoms with Crippen LogP contribution in [-0.2, 0) is 5.75 Å². The number of nitrogens with zero attached hydrogens (tertiary/aromatic N) is 2. The van der Waals surface area contributed by atoms with Gasteiger partial charge in [-0.2, -0.15) is 0 Å². The molecular formula is C19H18N2S. The molecule has 0 unspecified atom stereocenters. The van der Waals surface area contributed by atoms with Gasteiger partial charge in [0.1, 0.15) is 5.03 Å². The van der Waals surface area contributed by atoms with E-state index >= 15 is 0 Å². The molecular weight excluding hydrogens is 288 g/mol. The minimum absolute atomic E-state index is 0.914. The van der Waals surface area contributed by atoms with E-state index in [0.29, 0.717) is 0 Å². The number of aromatic nitrogens is 2. The third kappa shape index (κ3) is 3.55. The summed E-state index contributed by atoms with van der Waals surface area (Å²) < 4.78 is 0. The second-order valence-electron chi connectivity index (χ2n) is 5.34. The first-order valence-corrected chi connectivity index (χ1v) is 8.29. The molecule has 0 radical (unpaired) electrons. The van der Waals surface area contributed by atoms with Crippen LogP contribution in [-0.4, -0.2) is 10.2 Å². The summed E-state index contributed by atoms with van der Waals surface area (Å²) in [4.78, 5) is 0. The predicted molar refractivity (Wildman–Crippen MR) is 92.9 cm³/mol. The number of hydrogen-bond acceptors (Lipinski definition) is 3. The molecule has 0 aliphatic carbocycles. The second kappa shape index (κ2) is 6.75. The highest BCUT2D eigenvalue weighted by molar-refractivity contribution is 7.98. The van der Waals surface area contributed by atoms with Crippen LogP contribution in [0.15, 0.2) is 65.7 Å². The van der Waals surface area contributed by atoms with Crippen molar-refractivity contribution in [3.05, 3.63) is 77.4 Å². The molecule has 3 heteroatoms. The molecule has 0 atom stereocenters. The van der Waals surface area contributed by atoms with Crippen LogP contribution in [0.25, 0.3) is 11.3 Å². The average molecular weight is 306 g/mol. The van der Waals surface area contributed by atoms with Gasteiger partial charge in [-0.3, -0.25) is 0 Å². The van der Waals surface area contributed by atoms with Crippen LogP contribution in [0.1, 0.15) is 16.7 Å². The van der Waals surface area contributed by atoms with E-state index in [1.807, 2.05) is 42.5 Å². The first-order chi connectivity index (χ1) is 10.7. The molecule has 2 aromatic carbocycles. The summed E-state index contributed by atoms with van der Waals surface area (Å²) in [7, 11) is 0. The van der Waals surface area contributed by atoms with Gasteiger partial charge in [-0.1, -0.05) is 65.9 Å². The smallest absolute Gasteiger partial charge is 0.119 e. The molecule has 3 aromatic rings. The van der Waals surface area contributed by atoms with Crippen molar-refractivity contribution in [2.45, 2.75) is 24.6 Å². The highest BCUT2D eigenvalue weighted by Gasteiger charge is 2.04. The van der Waals surface area contributed by atoms with Gasteiger partial charge in [0.2, 0.25) is 0 Å². The predicted octanol–water partition coefficient (Wildman–Crippen LogP) is 5.05. The molecule has 0 saturated heterocycles. The fourth-order valence-corrected chi connectivity index (χ4v) is 3.14. The Bertz CT molecular complexity index is 752. The number of hydrogen-bond donors (Lipinski definition) is 0. The first-order valence-electron chi connectivity index (χ1n) is 7.30. The van der Waals surface area contributed by atoms with E-state index in [9.17, 15) is 0 Å². The summed E-state index contributed by atoms with van der Waals surface area (Å²) in [5, 5.41) is 9.62. The number of rotatable bonds is 4. The Hall–Kier alpha value is -2.13. The number of benzene rings is 2. The van der Waals surface area contributed by atoms with Crippen LogP contribution < -0.4 is 0 Å². The molecule has 0 aliphatic rings. The van der Waals surface area contributed by atoms with Crippen LogP contribution in [0.5, 0.6) is 0 Å². The van der Waals surface area contributed by atoms with Crippen molar-refractivity contribution in [3.63, 3.8) is 0 Å². The van der Waals surface area contributed by atoms with E-state index in [0.717, 1.165) is 22.0 Å². The van der Waals surface area contributed by atoms with Crippen molar-refractivity contribution in [1.29, 1.82) is 0 Å². The molecule has 2 nitrogen and oxygen atoms in total. The van der Waals surface area contributed by atoms with Crippen LogP contribution in [0.4, 0.5) is 0 Å². The second-order valence-corrected chi connectivity index (χ2v) is 6.34. The topological polar surface area (TPSA) is 25.8 Å². The molecule has 3 rings (SSSR count). The Kier molecular flexibility index (Phi) is 4.54. The number of thioether (sulfide) groups is 1. The molecule has 0 bridgehead atoms. The zero-order chi connectivity index (χ0) is 15.4. The average Bonchev–Trinajstić information content (AvgIpc) is 2.57. The lowest BCUT2D eigenvalue weighted by atomic mass is 10.1. The summed E-state index contributed by atoms with van der Waals surface area (Å²) in [6.45, 7) is 4.28. The summed E-state index contributed by atoms with van der Waals surface area (Å²) >= 11 is 1.73. The molecule has 0 fully saturated rings. The quantitative estimate of drug-likeness (QED) is 0.631. The summed E-state index contributed by atoms with van der Waals surface area (Å²) in [5.74, 6) is 0.923. The summed E-state index contributed by atoms with van der Waals surface area (Å²) in [6.07, 6.45) is 0. The van der Waals surface area contributed by atoms with Gasteiger partial charge in [0.25, 0.3) is 0 Å². The van der Waals surface area contributed by atoms with Gasteiger partial charge in [-0.15, -0.1) is 10.2 Å². The summed E-state index contributed by atoms with van der Waals surface area (Å²) in [5.41, 5.74) is 6.00. The van der Waals surface area contributed by atoms with Crippen molar-refractivity contribution in [2.75, 3.05) is 0 Å². The van der Waals surface area contributed by atoms with Gasteiger partial charge in [-0.25, -0.2) is 0 Å². The molecule has 1 heterocycles. The lowest BCUT2D eigenvalue weighted by Crippen LogP contribution is -1.91. The first kappa shape index (κ1) is 14.8. The highest BCUT2D eigenvalue weighted by Crippen LogP contribution is 2.24. The maximum absolute atomic E-state index is 4.34. The van der Waals surface area contributed by atoms with E-state index in [4.69, 9.17) is 0 Å². The van der Waals surface area contributed by atoms with Crippen molar-refractivity contribution >= 4 is 11.8 Å². The minimum atomic E-state index is 0.914. The lowest BCUT2D eigenvalue weighted by molar-refractivity contribution is 0.935. The molecule has 0 amide bonds. The maximum Gasteiger partial charge on any atom is 0.119 e. The van der Waals surface area contributed by atoms with Crippen molar-refractivity contribution in [3.8, 4) is 11.3 Å².